The van der Waals surface area contributed by atoms with E-state index in [9.17, 15) is 4.79 Å². The van der Waals surface area contributed by atoms with Crippen LogP contribution >= 0.6 is 22.7 Å². The lowest BCUT2D eigenvalue weighted by Crippen LogP contribution is -2.20. The van der Waals surface area contributed by atoms with Gasteiger partial charge >= 0.3 is 5.97 Å². The van der Waals surface area contributed by atoms with Crippen LogP contribution in [0, 0.1) is 6.92 Å². The molecule has 0 saturated heterocycles. The molecule has 0 unspecified atom stereocenters. The van der Waals surface area contributed by atoms with Gasteiger partial charge in [0, 0.05) is 10.9 Å². The predicted molar refractivity (Wildman–Crippen MR) is 82.5 cm³/mol. The molecular formula is C15H17NO2S2. The van der Waals surface area contributed by atoms with Gasteiger partial charge in [0.05, 0.1) is 5.69 Å². The topological polar surface area (TPSA) is 39.2 Å². The number of hydrogen-bond donors (Lipinski definition) is 0. The molecule has 1 saturated carbocycles. The number of aromatic nitrogens is 1. The molecule has 1 aliphatic carbocycles. The van der Waals surface area contributed by atoms with Crippen LogP contribution < -0.4 is 0 Å². The van der Waals surface area contributed by atoms with E-state index in [4.69, 9.17) is 4.74 Å². The molecular weight excluding hydrogens is 290 g/mol. The zero-order valence-electron chi connectivity index (χ0n) is 11.4. The van der Waals surface area contributed by atoms with Gasteiger partial charge in [0.2, 0.25) is 0 Å². The number of thiazole rings is 1. The number of aryl methyl sites for hydroxylation is 1. The summed E-state index contributed by atoms with van der Waals surface area (Å²) in [6, 6.07) is 2.03. The van der Waals surface area contributed by atoms with Gasteiger partial charge in [-0.2, -0.15) is 11.3 Å². The maximum Gasteiger partial charge on any atom is 0.350 e. The van der Waals surface area contributed by atoms with Crippen molar-refractivity contribution in [2.24, 2.45) is 0 Å². The van der Waals surface area contributed by atoms with Gasteiger partial charge in [-0.1, -0.05) is 6.42 Å². The lowest BCUT2D eigenvalue weighted by molar-refractivity contribution is 0.0216. The van der Waals surface area contributed by atoms with Crippen molar-refractivity contribution in [3.05, 3.63) is 27.4 Å². The van der Waals surface area contributed by atoms with Crippen LogP contribution in [-0.2, 0) is 4.74 Å². The normalized spacial score (nSPS) is 16.2. The second kappa shape index (κ2) is 6.06. The molecule has 1 fully saturated rings. The summed E-state index contributed by atoms with van der Waals surface area (Å²) < 4.78 is 5.62. The van der Waals surface area contributed by atoms with E-state index in [0.717, 1.165) is 29.1 Å². The van der Waals surface area contributed by atoms with Crippen molar-refractivity contribution >= 4 is 28.6 Å². The van der Waals surface area contributed by atoms with Crippen molar-refractivity contribution in [3.63, 3.8) is 0 Å². The molecule has 0 aliphatic heterocycles. The van der Waals surface area contributed by atoms with E-state index in [1.165, 1.54) is 30.6 Å². The molecule has 0 amide bonds. The Bertz CT molecular complexity index is 583. The number of carbonyl (C=O) groups excluding carboxylic acids is 1. The van der Waals surface area contributed by atoms with Crippen LogP contribution in [0.1, 0.15) is 47.5 Å². The minimum Gasteiger partial charge on any atom is -0.458 e. The highest BCUT2D eigenvalue weighted by atomic mass is 32.1. The van der Waals surface area contributed by atoms with Crippen LogP contribution in [0.25, 0.3) is 10.6 Å². The zero-order chi connectivity index (χ0) is 13.9. The Hall–Kier alpha value is -1.20. The summed E-state index contributed by atoms with van der Waals surface area (Å²) in [6.45, 7) is 1.88. The molecule has 2 aromatic rings. The summed E-state index contributed by atoms with van der Waals surface area (Å²) in [5, 5.41) is 4.97. The van der Waals surface area contributed by atoms with Crippen LogP contribution in [0.3, 0.4) is 0 Å². The Morgan fingerprint density at radius 3 is 2.85 bits per heavy atom. The van der Waals surface area contributed by atoms with Crippen molar-refractivity contribution in [2.75, 3.05) is 0 Å². The lowest BCUT2D eigenvalue weighted by atomic mass is 9.98. The number of ether oxygens (including phenoxy) is 1. The Kier molecular flexibility index (Phi) is 4.17. The van der Waals surface area contributed by atoms with E-state index in [1.54, 1.807) is 11.3 Å². The molecule has 0 N–H and O–H groups in total. The summed E-state index contributed by atoms with van der Waals surface area (Å²) in [5.74, 6) is -0.201. The molecule has 3 rings (SSSR count). The molecule has 0 radical (unpaired) electrons. The van der Waals surface area contributed by atoms with E-state index in [-0.39, 0.29) is 12.1 Å². The summed E-state index contributed by atoms with van der Waals surface area (Å²) in [5.41, 5.74) is 1.86. The van der Waals surface area contributed by atoms with Crippen LogP contribution in [-0.4, -0.2) is 17.1 Å². The van der Waals surface area contributed by atoms with Gasteiger partial charge in [-0.25, -0.2) is 9.78 Å². The lowest BCUT2D eigenvalue weighted by Gasteiger charge is -2.21. The first-order valence-electron chi connectivity index (χ1n) is 6.95. The molecule has 2 heterocycles. The maximum atomic E-state index is 12.3. The third kappa shape index (κ3) is 2.94. The Labute approximate surface area is 126 Å². The molecule has 1 aliphatic rings. The zero-order valence-corrected chi connectivity index (χ0v) is 13.1. The first-order chi connectivity index (χ1) is 9.74. The second-order valence-electron chi connectivity index (χ2n) is 5.11. The minimum atomic E-state index is -0.201. The van der Waals surface area contributed by atoms with Gasteiger partial charge < -0.3 is 4.74 Å². The first-order valence-corrected chi connectivity index (χ1v) is 8.71. The molecule has 106 valence electrons. The quantitative estimate of drug-likeness (QED) is 0.774. The van der Waals surface area contributed by atoms with Gasteiger partial charge in [0.25, 0.3) is 0 Å². The average molecular weight is 307 g/mol. The van der Waals surface area contributed by atoms with Gasteiger partial charge in [-0.05, 0) is 44.1 Å². The van der Waals surface area contributed by atoms with Crippen LogP contribution in [0.15, 0.2) is 16.8 Å². The minimum absolute atomic E-state index is 0.0994. The number of carbonyl (C=O) groups is 1. The van der Waals surface area contributed by atoms with Gasteiger partial charge in [0.1, 0.15) is 16.0 Å². The van der Waals surface area contributed by atoms with Crippen molar-refractivity contribution in [3.8, 4) is 10.6 Å². The molecule has 5 heteroatoms. The molecule has 0 aromatic carbocycles. The van der Waals surface area contributed by atoms with E-state index < -0.39 is 0 Å². The van der Waals surface area contributed by atoms with Gasteiger partial charge in [0.15, 0.2) is 0 Å². The molecule has 0 bridgehead atoms. The monoisotopic (exact) mass is 307 g/mol. The number of thiophene rings is 1. The summed E-state index contributed by atoms with van der Waals surface area (Å²) in [7, 11) is 0. The molecule has 0 spiro atoms. The fraction of sp³-hybridized carbons (Fsp3) is 0.467. The predicted octanol–water partition coefficient (Wildman–Crippen LogP) is 4.67. The summed E-state index contributed by atoms with van der Waals surface area (Å²) in [4.78, 5) is 17.4. The highest BCUT2D eigenvalue weighted by Crippen LogP contribution is 2.30. The second-order valence-corrected chi connectivity index (χ2v) is 6.89. The fourth-order valence-corrected chi connectivity index (χ4v) is 4.14. The van der Waals surface area contributed by atoms with Crippen molar-refractivity contribution in [2.45, 2.75) is 45.1 Å². The Morgan fingerprint density at radius 1 is 1.35 bits per heavy atom. The summed E-state index contributed by atoms with van der Waals surface area (Å²) in [6.07, 6.45) is 5.69. The van der Waals surface area contributed by atoms with Crippen LogP contribution in [0.5, 0.6) is 0 Å². The first kappa shape index (κ1) is 13.8. The SMILES string of the molecule is Cc1nc(-c2ccsc2)sc1C(=O)OC1CCCCC1. The number of nitrogens with zero attached hydrogens (tertiary/aromatic N) is 1. The number of hydrogen-bond acceptors (Lipinski definition) is 5. The van der Waals surface area contributed by atoms with E-state index in [2.05, 4.69) is 10.4 Å². The fourth-order valence-electron chi connectivity index (χ4n) is 2.48. The van der Waals surface area contributed by atoms with Crippen LogP contribution in [0.4, 0.5) is 0 Å². The van der Waals surface area contributed by atoms with E-state index in [0.29, 0.717) is 4.88 Å². The average Bonchev–Trinajstić information content (AvgIpc) is 3.08. The Balaban J connectivity index is 1.74. The molecule has 3 nitrogen and oxygen atoms in total. The maximum absolute atomic E-state index is 12.3. The van der Waals surface area contributed by atoms with E-state index >= 15 is 0 Å². The van der Waals surface area contributed by atoms with Crippen molar-refractivity contribution < 1.29 is 9.53 Å². The Morgan fingerprint density at radius 2 is 2.15 bits per heavy atom. The van der Waals surface area contributed by atoms with Gasteiger partial charge in [-0.15, -0.1) is 11.3 Å². The third-order valence-corrected chi connectivity index (χ3v) is 5.45. The van der Waals surface area contributed by atoms with Crippen molar-refractivity contribution in [1.29, 1.82) is 0 Å². The molecule has 2 aromatic heterocycles. The van der Waals surface area contributed by atoms with E-state index in [1.807, 2.05) is 18.4 Å². The molecule has 0 atom stereocenters. The third-order valence-electron chi connectivity index (χ3n) is 3.58. The van der Waals surface area contributed by atoms with Gasteiger partial charge in [-0.3, -0.25) is 0 Å². The van der Waals surface area contributed by atoms with Crippen LogP contribution in [0.2, 0.25) is 0 Å². The smallest absolute Gasteiger partial charge is 0.350 e. The largest absolute Gasteiger partial charge is 0.458 e. The standard InChI is InChI=1S/C15H17NO2S2/c1-10-13(15(17)18-12-5-3-2-4-6-12)20-14(16-10)11-7-8-19-9-11/h7-9,12H,2-6H2,1H3. The van der Waals surface area contributed by atoms with Crippen molar-refractivity contribution in [1.82, 2.24) is 4.98 Å². The molecule has 20 heavy (non-hydrogen) atoms. The number of rotatable bonds is 3. The summed E-state index contributed by atoms with van der Waals surface area (Å²) >= 11 is 3.07. The number of esters is 1. The highest BCUT2D eigenvalue weighted by molar-refractivity contribution is 7.17. The highest BCUT2D eigenvalue weighted by Gasteiger charge is 2.22.